The second kappa shape index (κ2) is 11.1. The number of hydrogen-bond donors (Lipinski definition) is 1. The molecular weight excluding hydrogens is 440 g/mol. The number of hydrogen-bond acceptors (Lipinski definition) is 6. The predicted molar refractivity (Wildman–Crippen MR) is 134 cm³/mol. The second-order valence-corrected chi connectivity index (χ2v) is 8.10. The van der Waals surface area contributed by atoms with Crippen LogP contribution in [0.2, 0.25) is 0 Å². The first kappa shape index (κ1) is 23.7. The maximum absolute atomic E-state index is 9.59. The van der Waals surface area contributed by atoms with Crippen molar-refractivity contribution < 1.29 is 9.84 Å². The van der Waals surface area contributed by atoms with Crippen LogP contribution in [0, 0.1) is 13.8 Å². The lowest BCUT2D eigenvalue weighted by atomic mass is 10.1. The van der Waals surface area contributed by atoms with Crippen LogP contribution in [-0.2, 0) is 6.61 Å². The van der Waals surface area contributed by atoms with Crippen LogP contribution in [0.15, 0.2) is 122 Å². The molecule has 0 bridgehead atoms. The lowest BCUT2D eigenvalue weighted by molar-refractivity contribution is 0.306. The first-order valence-corrected chi connectivity index (χ1v) is 11.2. The minimum absolute atomic E-state index is 0.180. The molecule has 0 amide bonds. The topological polar surface area (TPSA) is 104 Å². The van der Waals surface area contributed by atoms with Gasteiger partial charge >= 0.3 is 0 Å². The molecule has 3 aromatic rings. The normalized spacial score (nSPS) is 14.9. The number of benzene rings is 3. The van der Waals surface area contributed by atoms with Crippen molar-refractivity contribution in [2.75, 3.05) is 0 Å². The van der Waals surface area contributed by atoms with E-state index in [-0.39, 0.29) is 5.75 Å². The SMILES string of the molecule is Cc1cc(OCc2ccccc2)ccc1N=NN=NC1(N=Nc2ccc(O)cc2C)C=CCC=C1. The lowest BCUT2D eigenvalue weighted by Gasteiger charge is -2.16. The Morgan fingerprint density at radius 1 is 0.800 bits per heavy atom. The minimum atomic E-state index is -1.09. The summed E-state index contributed by atoms with van der Waals surface area (Å²) in [6, 6.07) is 20.5. The molecule has 0 spiro atoms. The summed E-state index contributed by atoms with van der Waals surface area (Å²) in [6.07, 6.45) is 8.30. The molecule has 176 valence electrons. The number of nitrogens with zero attached hydrogens (tertiary/aromatic N) is 6. The minimum Gasteiger partial charge on any atom is -0.508 e. The summed E-state index contributed by atoms with van der Waals surface area (Å²) in [7, 11) is 0. The van der Waals surface area contributed by atoms with Gasteiger partial charge in [-0.3, -0.25) is 0 Å². The van der Waals surface area contributed by atoms with Gasteiger partial charge in [0.1, 0.15) is 18.1 Å². The monoisotopic (exact) mass is 466 g/mol. The Labute approximate surface area is 204 Å². The van der Waals surface area contributed by atoms with E-state index in [0.717, 1.165) is 28.9 Å². The van der Waals surface area contributed by atoms with Gasteiger partial charge in [0.15, 0.2) is 0 Å². The Hall–Kier alpha value is -4.46. The molecule has 8 heteroatoms. The molecule has 0 saturated heterocycles. The van der Waals surface area contributed by atoms with E-state index < -0.39 is 5.66 Å². The van der Waals surface area contributed by atoms with Crippen LogP contribution in [0.1, 0.15) is 23.1 Å². The van der Waals surface area contributed by atoms with E-state index in [9.17, 15) is 5.11 Å². The van der Waals surface area contributed by atoms with Crippen LogP contribution in [0.3, 0.4) is 0 Å². The van der Waals surface area contributed by atoms with E-state index in [1.807, 2.05) is 86.7 Å². The smallest absolute Gasteiger partial charge is 0.229 e. The molecule has 0 radical (unpaired) electrons. The highest BCUT2D eigenvalue weighted by Gasteiger charge is 2.24. The van der Waals surface area contributed by atoms with Gasteiger partial charge in [0, 0.05) is 0 Å². The first-order chi connectivity index (χ1) is 17.0. The summed E-state index contributed by atoms with van der Waals surface area (Å²) >= 11 is 0. The zero-order valence-electron chi connectivity index (χ0n) is 19.6. The Morgan fingerprint density at radius 3 is 2.26 bits per heavy atom. The standard InChI is InChI=1S/C27H26N6O2/c1-20-17-23(34)11-13-25(20)28-30-27(15-7-4-8-16-27)31-33-32-29-26-14-12-24(18-21(26)2)35-19-22-9-5-3-6-10-22/h3,5-18,34H,4,19H2,1-2H3. The molecule has 0 unspecified atom stereocenters. The number of aryl methyl sites for hydroxylation is 2. The zero-order chi connectivity index (χ0) is 24.5. The van der Waals surface area contributed by atoms with Crippen LogP contribution in [0.4, 0.5) is 11.4 Å². The average molecular weight is 467 g/mol. The van der Waals surface area contributed by atoms with Crippen molar-refractivity contribution in [2.24, 2.45) is 30.9 Å². The average Bonchev–Trinajstić information content (AvgIpc) is 2.87. The van der Waals surface area contributed by atoms with E-state index in [0.29, 0.717) is 18.0 Å². The molecule has 1 aliphatic carbocycles. The van der Waals surface area contributed by atoms with E-state index >= 15 is 0 Å². The van der Waals surface area contributed by atoms with Gasteiger partial charge in [-0.15, -0.1) is 15.3 Å². The number of azo groups is 1. The van der Waals surface area contributed by atoms with Gasteiger partial charge in [0.2, 0.25) is 5.66 Å². The molecule has 3 aromatic carbocycles. The molecule has 0 heterocycles. The molecule has 0 fully saturated rings. The molecule has 0 aliphatic heterocycles. The molecular formula is C27H26N6O2. The molecule has 35 heavy (non-hydrogen) atoms. The number of ether oxygens (including phenoxy) is 1. The number of aromatic hydroxyl groups is 1. The van der Waals surface area contributed by atoms with E-state index in [1.54, 1.807) is 18.2 Å². The second-order valence-electron chi connectivity index (χ2n) is 8.10. The fraction of sp³-hybridized carbons (Fsp3) is 0.185. The van der Waals surface area contributed by atoms with E-state index in [1.165, 1.54) is 0 Å². The molecule has 4 rings (SSSR count). The fourth-order valence-electron chi connectivity index (χ4n) is 3.39. The molecule has 0 saturated carbocycles. The summed E-state index contributed by atoms with van der Waals surface area (Å²) < 4.78 is 5.86. The van der Waals surface area contributed by atoms with Crippen molar-refractivity contribution in [1.82, 2.24) is 0 Å². The predicted octanol–water partition coefficient (Wildman–Crippen LogP) is 8.04. The van der Waals surface area contributed by atoms with Crippen molar-refractivity contribution in [3.8, 4) is 11.5 Å². The van der Waals surface area contributed by atoms with E-state index in [2.05, 4.69) is 30.9 Å². The van der Waals surface area contributed by atoms with Crippen LogP contribution in [0.25, 0.3) is 0 Å². The van der Waals surface area contributed by atoms with Crippen LogP contribution in [-0.4, -0.2) is 10.8 Å². The highest BCUT2D eigenvalue weighted by atomic mass is 16.5. The van der Waals surface area contributed by atoms with Gasteiger partial charge in [0.05, 0.1) is 11.4 Å². The Bertz CT molecular complexity index is 1300. The van der Waals surface area contributed by atoms with Crippen LogP contribution >= 0.6 is 0 Å². The van der Waals surface area contributed by atoms with Gasteiger partial charge in [-0.05, 0) is 96.0 Å². The van der Waals surface area contributed by atoms with Crippen molar-refractivity contribution in [3.05, 3.63) is 108 Å². The Kier molecular flexibility index (Phi) is 7.52. The van der Waals surface area contributed by atoms with Crippen LogP contribution in [0.5, 0.6) is 11.5 Å². The maximum atomic E-state index is 9.59. The maximum Gasteiger partial charge on any atom is 0.229 e. The summed E-state index contributed by atoms with van der Waals surface area (Å²) in [5, 5.41) is 34.5. The molecule has 8 nitrogen and oxygen atoms in total. The van der Waals surface area contributed by atoms with E-state index in [4.69, 9.17) is 4.74 Å². The number of rotatable bonds is 8. The highest BCUT2D eigenvalue weighted by Crippen LogP contribution is 2.29. The Morgan fingerprint density at radius 2 is 1.51 bits per heavy atom. The quantitative estimate of drug-likeness (QED) is 0.206. The van der Waals surface area contributed by atoms with Gasteiger partial charge in [-0.2, -0.15) is 5.11 Å². The van der Waals surface area contributed by atoms with Gasteiger partial charge in [-0.25, -0.2) is 0 Å². The van der Waals surface area contributed by atoms with Crippen molar-refractivity contribution in [2.45, 2.75) is 32.5 Å². The molecule has 1 N–H and O–H groups in total. The molecule has 1 aliphatic rings. The Balaban J connectivity index is 1.44. The first-order valence-electron chi connectivity index (χ1n) is 11.2. The van der Waals surface area contributed by atoms with Crippen LogP contribution < -0.4 is 4.74 Å². The van der Waals surface area contributed by atoms with Gasteiger partial charge in [-0.1, -0.05) is 42.5 Å². The van der Waals surface area contributed by atoms with Gasteiger partial charge < -0.3 is 9.84 Å². The van der Waals surface area contributed by atoms with Crippen molar-refractivity contribution in [3.63, 3.8) is 0 Å². The summed E-state index contributed by atoms with van der Waals surface area (Å²) in [6.45, 7) is 4.28. The largest absolute Gasteiger partial charge is 0.508 e. The highest BCUT2D eigenvalue weighted by molar-refractivity contribution is 5.49. The molecule has 0 atom stereocenters. The summed E-state index contributed by atoms with van der Waals surface area (Å²) in [5.74, 6) is 0.938. The van der Waals surface area contributed by atoms with Crippen molar-refractivity contribution in [1.29, 1.82) is 0 Å². The van der Waals surface area contributed by atoms with Crippen molar-refractivity contribution >= 4 is 11.4 Å². The summed E-state index contributed by atoms with van der Waals surface area (Å²) in [5.41, 5.74) is 3.02. The third-order valence-electron chi connectivity index (χ3n) is 5.31. The number of phenolic OH excluding ortho intramolecular Hbond substituents is 1. The number of allylic oxidation sites excluding steroid dienone is 2. The third kappa shape index (κ3) is 6.54. The lowest BCUT2D eigenvalue weighted by Crippen LogP contribution is -2.17. The summed E-state index contributed by atoms with van der Waals surface area (Å²) in [4.78, 5) is 0. The zero-order valence-corrected chi connectivity index (χ0v) is 19.6. The fourth-order valence-corrected chi connectivity index (χ4v) is 3.39. The number of phenols is 1. The van der Waals surface area contributed by atoms with Gasteiger partial charge in [0.25, 0.3) is 0 Å². The molecule has 0 aromatic heterocycles. The third-order valence-corrected chi connectivity index (χ3v) is 5.31.